The van der Waals surface area contributed by atoms with Gasteiger partial charge in [-0.25, -0.2) is 0 Å². The summed E-state index contributed by atoms with van der Waals surface area (Å²) >= 11 is 0. The number of methoxy groups -OCH3 is 1. The second-order valence-electron chi connectivity index (χ2n) is 5.52. The Morgan fingerprint density at radius 3 is 2.40 bits per heavy atom. The lowest BCUT2D eigenvalue weighted by molar-refractivity contribution is -0.149. The van der Waals surface area contributed by atoms with E-state index < -0.39 is 0 Å². The Kier molecular flexibility index (Phi) is 6.56. The number of para-hydroxylation sites is 1. The van der Waals surface area contributed by atoms with Crippen molar-refractivity contribution in [3.63, 3.8) is 0 Å². The molecule has 0 heterocycles. The predicted molar refractivity (Wildman–Crippen MR) is 81.0 cm³/mol. The zero-order chi connectivity index (χ0) is 15.1. The molecule has 0 spiro atoms. The van der Waals surface area contributed by atoms with Crippen molar-refractivity contribution < 1.29 is 14.3 Å². The molecule has 1 aromatic carbocycles. The summed E-state index contributed by atoms with van der Waals surface area (Å²) in [6.45, 7) is 8.59. The molecule has 112 valence electrons. The normalized spacial score (nSPS) is 13.9. The minimum Gasteiger partial charge on any atom is -0.496 e. The Morgan fingerprint density at radius 1 is 1.20 bits per heavy atom. The summed E-state index contributed by atoms with van der Waals surface area (Å²) in [5, 5.41) is 0. The number of rotatable bonds is 7. The third kappa shape index (κ3) is 4.26. The van der Waals surface area contributed by atoms with E-state index in [2.05, 4.69) is 20.8 Å². The van der Waals surface area contributed by atoms with E-state index in [9.17, 15) is 4.79 Å². The molecule has 0 saturated heterocycles. The molecule has 3 heteroatoms. The molecular weight excluding hydrogens is 252 g/mol. The second-order valence-corrected chi connectivity index (χ2v) is 5.52. The smallest absolute Gasteiger partial charge is 0.309 e. The largest absolute Gasteiger partial charge is 0.496 e. The quantitative estimate of drug-likeness (QED) is 0.707. The van der Waals surface area contributed by atoms with E-state index in [1.54, 1.807) is 7.11 Å². The Labute approximate surface area is 122 Å². The molecule has 1 rings (SSSR count). The van der Waals surface area contributed by atoms with Crippen LogP contribution < -0.4 is 4.74 Å². The van der Waals surface area contributed by atoms with Crippen LogP contribution in [0.1, 0.15) is 45.6 Å². The van der Waals surface area contributed by atoms with Gasteiger partial charge < -0.3 is 9.47 Å². The SMILES string of the molecule is CCOC(=O)C(CC(C)C)C(C)c1ccccc1OC. The van der Waals surface area contributed by atoms with Gasteiger partial charge in [-0.2, -0.15) is 0 Å². The Balaban J connectivity index is 3.02. The van der Waals surface area contributed by atoms with Gasteiger partial charge in [0.15, 0.2) is 0 Å². The van der Waals surface area contributed by atoms with Crippen molar-refractivity contribution in [2.75, 3.05) is 13.7 Å². The van der Waals surface area contributed by atoms with Gasteiger partial charge >= 0.3 is 5.97 Å². The van der Waals surface area contributed by atoms with Gasteiger partial charge in [0.25, 0.3) is 0 Å². The van der Waals surface area contributed by atoms with E-state index in [1.165, 1.54) is 0 Å². The molecule has 0 aliphatic heterocycles. The molecule has 0 N–H and O–H groups in total. The number of benzene rings is 1. The number of carbonyl (C=O) groups is 1. The van der Waals surface area contributed by atoms with Gasteiger partial charge in [0.2, 0.25) is 0 Å². The van der Waals surface area contributed by atoms with E-state index >= 15 is 0 Å². The molecule has 0 fully saturated rings. The number of hydrogen-bond donors (Lipinski definition) is 0. The van der Waals surface area contributed by atoms with Crippen molar-refractivity contribution >= 4 is 5.97 Å². The molecule has 0 aliphatic rings. The van der Waals surface area contributed by atoms with E-state index in [0.29, 0.717) is 12.5 Å². The van der Waals surface area contributed by atoms with Gasteiger partial charge in [0.05, 0.1) is 19.6 Å². The van der Waals surface area contributed by atoms with E-state index in [-0.39, 0.29) is 17.8 Å². The number of hydrogen-bond acceptors (Lipinski definition) is 3. The van der Waals surface area contributed by atoms with Crippen LogP contribution in [0, 0.1) is 11.8 Å². The highest BCUT2D eigenvalue weighted by Gasteiger charge is 2.29. The van der Waals surface area contributed by atoms with Gasteiger partial charge in [0.1, 0.15) is 5.75 Å². The van der Waals surface area contributed by atoms with Crippen LogP contribution in [-0.4, -0.2) is 19.7 Å². The Bertz CT molecular complexity index is 426. The van der Waals surface area contributed by atoms with Crippen LogP contribution in [-0.2, 0) is 9.53 Å². The second kappa shape index (κ2) is 7.93. The first-order chi connectivity index (χ1) is 9.51. The highest BCUT2D eigenvalue weighted by Crippen LogP contribution is 2.35. The average molecular weight is 278 g/mol. The molecule has 3 nitrogen and oxygen atoms in total. The molecule has 0 amide bonds. The fourth-order valence-electron chi connectivity index (χ4n) is 2.52. The van der Waals surface area contributed by atoms with Gasteiger partial charge in [0, 0.05) is 0 Å². The summed E-state index contributed by atoms with van der Waals surface area (Å²) in [6, 6.07) is 7.88. The molecule has 0 aromatic heterocycles. The standard InChI is InChI=1S/C17H26O3/c1-6-20-17(18)15(11-12(2)3)13(4)14-9-7-8-10-16(14)19-5/h7-10,12-13,15H,6,11H2,1-5H3. The predicted octanol–water partition coefficient (Wildman–Crippen LogP) is 4.02. The number of esters is 1. The molecule has 0 bridgehead atoms. The first kappa shape index (κ1) is 16.5. The first-order valence-electron chi connectivity index (χ1n) is 7.30. The van der Waals surface area contributed by atoms with Crippen LogP contribution in [0.4, 0.5) is 0 Å². The van der Waals surface area contributed by atoms with Crippen molar-refractivity contribution in [1.82, 2.24) is 0 Å². The van der Waals surface area contributed by atoms with Crippen molar-refractivity contribution in [3.05, 3.63) is 29.8 Å². The minimum absolute atomic E-state index is 0.0765. The lowest BCUT2D eigenvalue weighted by Gasteiger charge is -2.25. The maximum Gasteiger partial charge on any atom is 0.309 e. The highest BCUT2D eigenvalue weighted by atomic mass is 16.5. The summed E-state index contributed by atoms with van der Waals surface area (Å²) in [5.41, 5.74) is 1.06. The molecule has 20 heavy (non-hydrogen) atoms. The van der Waals surface area contributed by atoms with Crippen LogP contribution in [0.3, 0.4) is 0 Å². The molecule has 2 atom stereocenters. The van der Waals surface area contributed by atoms with Crippen molar-refractivity contribution in [3.8, 4) is 5.75 Å². The maximum atomic E-state index is 12.2. The fraction of sp³-hybridized carbons (Fsp3) is 0.588. The minimum atomic E-state index is -0.133. The summed E-state index contributed by atoms with van der Waals surface area (Å²) in [6.07, 6.45) is 0.818. The maximum absolute atomic E-state index is 12.2. The van der Waals surface area contributed by atoms with Crippen LogP contribution >= 0.6 is 0 Å². The topological polar surface area (TPSA) is 35.5 Å². The summed E-state index contributed by atoms with van der Waals surface area (Å²) in [4.78, 5) is 12.2. The molecule has 0 radical (unpaired) electrons. The molecule has 2 unspecified atom stereocenters. The van der Waals surface area contributed by atoms with Gasteiger partial charge in [-0.1, -0.05) is 39.0 Å². The lowest BCUT2D eigenvalue weighted by atomic mass is 9.82. The van der Waals surface area contributed by atoms with Gasteiger partial charge in [-0.3, -0.25) is 4.79 Å². The van der Waals surface area contributed by atoms with E-state index in [4.69, 9.17) is 9.47 Å². The van der Waals surface area contributed by atoms with Crippen LogP contribution in [0.15, 0.2) is 24.3 Å². The third-order valence-electron chi connectivity index (χ3n) is 3.55. The molecule has 0 saturated carbocycles. The van der Waals surface area contributed by atoms with Crippen LogP contribution in [0.5, 0.6) is 5.75 Å². The van der Waals surface area contributed by atoms with E-state index in [1.807, 2.05) is 31.2 Å². The van der Waals surface area contributed by atoms with Crippen molar-refractivity contribution in [1.29, 1.82) is 0 Å². The van der Waals surface area contributed by atoms with Crippen molar-refractivity contribution in [2.24, 2.45) is 11.8 Å². The number of carbonyl (C=O) groups excluding carboxylic acids is 1. The molecular formula is C17H26O3. The Morgan fingerprint density at radius 2 is 1.85 bits per heavy atom. The monoisotopic (exact) mass is 278 g/mol. The van der Waals surface area contributed by atoms with Gasteiger partial charge in [-0.05, 0) is 36.8 Å². The third-order valence-corrected chi connectivity index (χ3v) is 3.55. The number of ether oxygens (including phenoxy) is 2. The van der Waals surface area contributed by atoms with Gasteiger partial charge in [-0.15, -0.1) is 0 Å². The van der Waals surface area contributed by atoms with Crippen LogP contribution in [0.25, 0.3) is 0 Å². The highest BCUT2D eigenvalue weighted by molar-refractivity contribution is 5.74. The summed E-state index contributed by atoms with van der Waals surface area (Å²) < 4.78 is 10.7. The van der Waals surface area contributed by atoms with Crippen LogP contribution in [0.2, 0.25) is 0 Å². The Hall–Kier alpha value is -1.51. The summed E-state index contributed by atoms with van der Waals surface area (Å²) in [7, 11) is 1.66. The van der Waals surface area contributed by atoms with Crippen molar-refractivity contribution in [2.45, 2.75) is 40.0 Å². The lowest BCUT2D eigenvalue weighted by Crippen LogP contribution is -2.25. The average Bonchev–Trinajstić information content (AvgIpc) is 2.44. The molecule has 0 aliphatic carbocycles. The molecule has 1 aromatic rings. The zero-order valence-corrected chi connectivity index (χ0v) is 13.2. The summed E-state index contributed by atoms with van der Waals surface area (Å²) in [5.74, 6) is 1.11. The van der Waals surface area contributed by atoms with E-state index in [0.717, 1.165) is 17.7 Å². The first-order valence-corrected chi connectivity index (χ1v) is 7.30. The fourth-order valence-corrected chi connectivity index (χ4v) is 2.52. The zero-order valence-electron chi connectivity index (χ0n) is 13.2.